The molecule has 0 bridgehead atoms. The lowest BCUT2D eigenvalue weighted by Crippen LogP contribution is -2.50. The van der Waals surface area contributed by atoms with Gasteiger partial charge in [-0.3, -0.25) is 19.1 Å². The molecule has 236 valence electrons. The van der Waals surface area contributed by atoms with E-state index < -0.39 is 11.2 Å². The fourth-order valence-corrected chi connectivity index (χ4v) is 7.26. The number of benzene rings is 1. The van der Waals surface area contributed by atoms with Crippen molar-refractivity contribution in [3.63, 3.8) is 0 Å². The zero-order chi connectivity index (χ0) is 31.5. The third-order valence-electron chi connectivity index (χ3n) is 9.19. The van der Waals surface area contributed by atoms with Crippen LogP contribution in [0.3, 0.4) is 0 Å². The van der Waals surface area contributed by atoms with Crippen LogP contribution in [0.25, 0.3) is 16.5 Å². The number of fused-ring (bicyclic) bond motifs is 1. The number of hydrogen-bond acceptors (Lipinski definition) is 4. The number of piperazine rings is 1. The van der Waals surface area contributed by atoms with Crippen molar-refractivity contribution in [2.75, 3.05) is 40.3 Å². The average molecular weight is 620 g/mol. The summed E-state index contributed by atoms with van der Waals surface area (Å²) in [4.78, 5) is 41.9. The molecule has 3 amide bonds. The number of aromatic nitrogens is 1. The highest BCUT2D eigenvalue weighted by Crippen LogP contribution is 2.44. The summed E-state index contributed by atoms with van der Waals surface area (Å²) in [6, 6.07) is 5.79. The van der Waals surface area contributed by atoms with Gasteiger partial charge < -0.3 is 14.4 Å². The smallest absolute Gasteiger partial charge is 0.264 e. The van der Waals surface area contributed by atoms with Crippen LogP contribution in [0, 0.1) is 0 Å². The Balaban J connectivity index is 1.51. The number of hydrogen-bond donors (Lipinski definition) is 1. The largest absolute Gasteiger partial charge is 0.343 e. The van der Waals surface area contributed by atoms with Gasteiger partial charge in [0, 0.05) is 81.9 Å². The molecule has 1 aromatic heterocycles. The van der Waals surface area contributed by atoms with Crippen LogP contribution < -0.4 is 4.72 Å². The molecular weight excluding hydrogens is 574 g/mol. The molecule has 1 aromatic carbocycles. The summed E-state index contributed by atoms with van der Waals surface area (Å²) in [6.45, 7) is 5.67. The van der Waals surface area contributed by atoms with Crippen molar-refractivity contribution in [1.82, 2.24) is 23.4 Å². The lowest BCUT2D eigenvalue weighted by atomic mass is 9.80. The molecule has 0 radical (unpaired) electrons. The number of aryl methyl sites for hydroxylation is 1. The van der Waals surface area contributed by atoms with E-state index in [0.717, 1.165) is 53.4 Å². The van der Waals surface area contributed by atoms with Crippen LogP contribution in [0.15, 0.2) is 47.6 Å². The summed E-state index contributed by atoms with van der Waals surface area (Å²) < 4.78 is 18.5. The van der Waals surface area contributed by atoms with Crippen molar-refractivity contribution >= 4 is 45.4 Å². The summed E-state index contributed by atoms with van der Waals surface area (Å²) in [5.74, 6) is 0.0946. The van der Waals surface area contributed by atoms with Gasteiger partial charge in [-0.15, -0.1) is 0 Å². The zero-order valence-electron chi connectivity index (χ0n) is 26.6. The quantitative estimate of drug-likeness (QED) is 0.449. The predicted molar refractivity (Wildman–Crippen MR) is 176 cm³/mol. The number of carbonyl (C=O) groups excluding carboxylic acids is 3. The second-order valence-electron chi connectivity index (χ2n) is 12.4. The van der Waals surface area contributed by atoms with E-state index in [-0.39, 0.29) is 17.7 Å². The molecule has 2 heterocycles. The van der Waals surface area contributed by atoms with Crippen molar-refractivity contribution in [2.45, 2.75) is 64.7 Å². The van der Waals surface area contributed by atoms with E-state index in [2.05, 4.69) is 28.5 Å². The molecule has 1 unspecified atom stereocenters. The Morgan fingerprint density at radius 2 is 1.61 bits per heavy atom. The molecule has 3 aliphatic rings. The fraction of sp³-hybridized carbons (Fsp3) is 0.500. The molecule has 2 aromatic rings. The first kappa shape index (κ1) is 31.9. The second kappa shape index (κ2) is 13.6. The maximum absolute atomic E-state index is 13.5. The molecule has 10 heteroatoms. The third kappa shape index (κ3) is 6.61. The normalized spacial score (nSPS) is 19.2. The van der Waals surface area contributed by atoms with Gasteiger partial charge in [0.05, 0.1) is 5.69 Å². The number of nitrogens with one attached hydrogen (secondary N) is 1. The Kier molecular flexibility index (Phi) is 9.90. The maximum Gasteiger partial charge on any atom is 0.264 e. The molecule has 5 rings (SSSR count). The van der Waals surface area contributed by atoms with Gasteiger partial charge in [-0.25, -0.2) is 8.51 Å². The Labute approximate surface area is 263 Å². The molecule has 1 saturated heterocycles. The van der Waals surface area contributed by atoms with Crippen LogP contribution in [0.1, 0.15) is 86.3 Å². The van der Waals surface area contributed by atoms with E-state index in [9.17, 15) is 18.6 Å². The van der Waals surface area contributed by atoms with Gasteiger partial charge in [-0.2, -0.15) is 0 Å². The number of nitrogens with zero attached hydrogens (tertiary/aromatic N) is 4. The number of allylic oxidation sites excluding steroid dienone is 5. The summed E-state index contributed by atoms with van der Waals surface area (Å²) in [5, 5.41) is 1.14. The Hall–Kier alpha value is -3.50. The number of carbonyl (C=O) groups is 3. The highest BCUT2D eigenvalue weighted by Gasteiger charge is 2.29. The van der Waals surface area contributed by atoms with Gasteiger partial charge in [-0.05, 0) is 67.9 Å². The molecule has 44 heavy (non-hydrogen) atoms. The minimum absolute atomic E-state index is 0.00865. The van der Waals surface area contributed by atoms with Crippen molar-refractivity contribution in [2.24, 2.45) is 7.05 Å². The van der Waals surface area contributed by atoms with Gasteiger partial charge in [0.25, 0.3) is 5.91 Å². The van der Waals surface area contributed by atoms with E-state index in [1.807, 2.05) is 36.1 Å². The molecule has 1 aliphatic heterocycles. The van der Waals surface area contributed by atoms with Crippen LogP contribution in [0.4, 0.5) is 0 Å². The minimum Gasteiger partial charge on any atom is -0.343 e. The SMILES string of the molecule is CC(=O)N1CCN(C(=O)/C(C)=C/C2=CCCC=C2c2c(C3CCCCC3)c3ccc(C(=O)NS(=O)N(C)C)cc3n2C)CC1. The molecule has 0 spiro atoms. The number of rotatable bonds is 7. The lowest BCUT2D eigenvalue weighted by molar-refractivity contribution is -0.136. The Morgan fingerprint density at radius 1 is 0.955 bits per heavy atom. The highest BCUT2D eigenvalue weighted by molar-refractivity contribution is 7.81. The molecular formula is C34H45N5O4S. The van der Waals surface area contributed by atoms with E-state index >= 15 is 0 Å². The molecule has 2 fully saturated rings. The first-order valence-electron chi connectivity index (χ1n) is 15.7. The second-order valence-corrected chi connectivity index (χ2v) is 13.8. The standard InChI is InChI=1S/C34H45N5O4S/c1-23(34(42)39-19-17-38(18-20-39)24(2)40)21-26-13-9-10-14-28(26)32-31(25-11-7-6-8-12-25)29-16-15-27(22-30(29)37(32)5)33(41)35-44(43)36(3)4/h13-16,21-22,25H,6-12,17-20H2,1-5H3,(H,35,41)/b23-21+. The van der Waals surface area contributed by atoms with Gasteiger partial charge >= 0.3 is 0 Å². The minimum atomic E-state index is -1.61. The van der Waals surface area contributed by atoms with E-state index in [0.29, 0.717) is 43.2 Å². The Bertz CT molecular complexity index is 1570. The van der Waals surface area contributed by atoms with E-state index in [1.54, 1.807) is 25.9 Å². The van der Waals surface area contributed by atoms with Crippen molar-refractivity contribution in [3.05, 3.63) is 64.4 Å². The highest BCUT2D eigenvalue weighted by atomic mass is 32.2. The topological polar surface area (TPSA) is 95.0 Å². The third-order valence-corrected chi connectivity index (χ3v) is 10.2. The first-order chi connectivity index (χ1) is 21.1. The van der Waals surface area contributed by atoms with Crippen molar-refractivity contribution in [3.8, 4) is 0 Å². The van der Waals surface area contributed by atoms with Crippen LogP contribution >= 0.6 is 0 Å². The maximum atomic E-state index is 13.5. The van der Waals surface area contributed by atoms with Gasteiger partial charge in [0.15, 0.2) is 11.2 Å². The molecule has 1 saturated carbocycles. The molecule has 9 nitrogen and oxygen atoms in total. The van der Waals surface area contributed by atoms with Crippen LogP contribution in [0.2, 0.25) is 0 Å². The van der Waals surface area contributed by atoms with Crippen molar-refractivity contribution in [1.29, 1.82) is 0 Å². The van der Waals surface area contributed by atoms with Gasteiger partial charge in [0.2, 0.25) is 11.8 Å². The summed E-state index contributed by atoms with van der Waals surface area (Å²) >= 11 is -1.61. The monoisotopic (exact) mass is 619 g/mol. The van der Waals surface area contributed by atoms with Crippen LogP contribution in [0.5, 0.6) is 0 Å². The average Bonchev–Trinajstić information content (AvgIpc) is 3.32. The van der Waals surface area contributed by atoms with Crippen LogP contribution in [-0.2, 0) is 27.8 Å². The predicted octanol–water partition coefficient (Wildman–Crippen LogP) is 4.84. The van der Waals surface area contributed by atoms with Crippen LogP contribution in [-0.4, -0.2) is 80.9 Å². The zero-order valence-corrected chi connectivity index (χ0v) is 27.5. The molecule has 1 N–H and O–H groups in total. The van der Waals surface area contributed by atoms with E-state index in [1.165, 1.54) is 29.1 Å². The van der Waals surface area contributed by atoms with Gasteiger partial charge in [0.1, 0.15) is 0 Å². The van der Waals surface area contributed by atoms with E-state index in [4.69, 9.17) is 0 Å². The van der Waals surface area contributed by atoms with Crippen molar-refractivity contribution < 1.29 is 18.6 Å². The first-order valence-corrected chi connectivity index (χ1v) is 16.8. The molecule has 1 atom stereocenters. The Morgan fingerprint density at radius 3 is 2.27 bits per heavy atom. The summed E-state index contributed by atoms with van der Waals surface area (Å²) in [7, 11) is 5.37. The number of amides is 3. The summed E-state index contributed by atoms with van der Waals surface area (Å²) in [6.07, 6.45) is 14.3. The summed E-state index contributed by atoms with van der Waals surface area (Å²) in [5.41, 5.74) is 6.77. The fourth-order valence-electron chi connectivity index (χ4n) is 6.80. The lowest BCUT2D eigenvalue weighted by Gasteiger charge is -2.34. The molecule has 2 aliphatic carbocycles. The van der Waals surface area contributed by atoms with Gasteiger partial charge in [-0.1, -0.05) is 37.5 Å².